The first kappa shape index (κ1) is 23.7. The van der Waals surface area contributed by atoms with E-state index >= 15 is 0 Å². The van der Waals surface area contributed by atoms with Crippen LogP contribution in [0.25, 0.3) is 11.3 Å². The third-order valence-corrected chi connectivity index (χ3v) is 5.64. The van der Waals surface area contributed by atoms with Gasteiger partial charge in [0.25, 0.3) is 10.2 Å². The Morgan fingerprint density at radius 2 is 1.97 bits per heavy atom. The second-order valence-corrected chi connectivity index (χ2v) is 9.25. The van der Waals surface area contributed by atoms with Crippen molar-refractivity contribution in [3.8, 4) is 17.0 Å². The molecule has 0 radical (unpaired) electrons. The molecule has 1 aromatic carbocycles. The first-order chi connectivity index (χ1) is 16.1. The molecule has 0 unspecified atom stereocenters. The summed E-state index contributed by atoms with van der Waals surface area (Å²) >= 11 is 0. The van der Waals surface area contributed by atoms with Crippen molar-refractivity contribution in [1.29, 1.82) is 0 Å². The molecule has 1 aliphatic heterocycles. The fourth-order valence-corrected chi connectivity index (χ4v) is 3.87. The van der Waals surface area contributed by atoms with Gasteiger partial charge in [-0.15, -0.1) is 0 Å². The van der Waals surface area contributed by atoms with Gasteiger partial charge in [0, 0.05) is 24.3 Å². The van der Waals surface area contributed by atoms with Crippen molar-refractivity contribution in [2.24, 2.45) is 5.14 Å². The molecule has 0 amide bonds. The fraction of sp³-hybridized carbons (Fsp3) is 0.286. The van der Waals surface area contributed by atoms with Crippen LogP contribution in [0.1, 0.15) is 19.4 Å². The van der Waals surface area contributed by atoms with Crippen LogP contribution < -0.4 is 24.8 Å². The van der Waals surface area contributed by atoms with E-state index < -0.39 is 21.8 Å². The summed E-state index contributed by atoms with van der Waals surface area (Å²) < 4.78 is 59.1. The zero-order valence-electron chi connectivity index (χ0n) is 18.4. The average Bonchev–Trinajstić information content (AvgIpc) is 2.79. The Morgan fingerprint density at radius 1 is 1.18 bits per heavy atom. The highest BCUT2D eigenvalue weighted by molar-refractivity contribution is 7.87. The number of hydrogen-bond acceptors (Lipinski definition) is 8. The SMILES string of the molecule is CC(C)N1CCOc2c(F)cc(-c3nc(Nc4ccc(CNS(N)(=O)=O)cn4)ncc3F)cc21. The highest BCUT2D eigenvalue weighted by Gasteiger charge is 2.25. The number of pyridine rings is 1. The maximum atomic E-state index is 14.8. The molecule has 0 saturated carbocycles. The summed E-state index contributed by atoms with van der Waals surface area (Å²) in [4.78, 5) is 14.3. The van der Waals surface area contributed by atoms with Crippen molar-refractivity contribution in [3.05, 3.63) is 53.9 Å². The summed E-state index contributed by atoms with van der Waals surface area (Å²) in [6, 6.07) is 6.13. The largest absolute Gasteiger partial charge is 0.486 e. The highest BCUT2D eigenvalue weighted by atomic mass is 32.2. The van der Waals surface area contributed by atoms with Crippen molar-refractivity contribution in [2.75, 3.05) is 23.4 Å². The molecule has 180 valence electrons. The number of nitrogens with one attached hydrogen (secondary N) is 2. The molecule has 0 atom stereocenters. The normalized spacial score (nSPS) is 13.5. The molecule has 3 heterocycles. The molecule has 3 aromatic rings. The van der Waals surface area contributed by atoms with Gasteiger partial charge >= 0.3 is 0 Å². The Balaban J connectivity index is 1.60. The fourth-order valence-electron chi connectivity index (χ4n) is 3.51. The summed E-state index contributed by atoms with van der Waals surface area (Å²) in [6.45, 7) is 4.89. The van der Waals surface area contributed by atoms with Gasteiger partial charge < -0.3 is 15.0 Å². The van der Waals surface area contributed by atoms with Crippen LogP contribution in [-0.2, 0) is 16.8 Å². The molecule has 0 bridgehead atoms. The molecule has 0 saturated heterocycles. The smallest absolute Gasteiger partial charge is 0.274 e. The third kappa shape index (κ3) is 5.38. The van der Waals surface area contributed by atoms with Crippen LogP contribution >= 0.6 is 0 Å². The molecular formula is C21H23F2N7O3S. The number of benzene rings is 1. The molecule has 0 aliphatic carbocycles. The van der Waals surface area contributed by atoms with E-state index in [1.54, 1.807) is 18.2 Å². The van der Waals surface area contributed by atoms with E-state index in [1.807, 2.05) is 18.7 Å². The minimum absolute atomic E-state index is 0.0235. The second-order valence-electron chi connectivity index (χ2n) is 7.87. The monoisotopic (exact) mass is 491 g/mol. The quantitative estimate of drug-likeness (QED) is 0.459. The Hall–Kier alpha value is -3.42. The predicted octanol–water partition coefficient (Wildman–Crippen LogP) is 2.46. The summed E-state index contributed by atoms with van der Waals surface area (Å²) in [7, 11) is -3.82. The lowest BCUT2D eigenvalue weighted by Gasteiger charge is -2.34. The summed E-state index contributed by atoms with van der Waals surface area (Å²) in [5, 5.41) is 7.76. The van der Waals surface area contributed by atoms with E-state index in [2.05, 4.69) is 25.0 Å². The van der Waals surface area contributed by atoms with Gasteiger partial charge in [-0.2, -0.15) is 13.1 Å². The van der Waals surface area contributed by atoms with Crippen molar-refractivity contribution < 1.29 is 21.9 Å². The molecule has 4 rings (SSSR count). The third-order valence-electron chi connectivity index (χ3n) is 5.09. The Bertz CT molecular complexity index is 1300. The second kappa shape index (κ2) is 9.44. The molecular weight excluding hydrogens is 468 g/mol. The van der Waals surface area contributed by atoms with E-state index in [9.17, 15) is 17.2 Å². The number of aromatic nitrogens is 3. The minimum Gasteiger partial charge on any atom is -0.486 e. The number of nitrogens with zero attached hydrogens (tertiary/aromatic N) is 4. The van der Waals surface area contributed by atoms with Crippen LogP contribution in [-0.4, -0.2) is 42.6 Å². The molecule has 1 aliphatic rings. The van der Waals surface area contributed by atoms with Crippen LogP contribution in [0.4, 0.5) is 26.2 Å². The average molecular weight is 492 g/mol. The van der Waals surface area contributed by atoms with E-state index in [0.29, 0.717) is 30.2 Å². The number of ether oxygens (including phenoxy) is 1. The standard InChI is InChI=1S/C21H23F2N7O3S/c1-12(2)30-5-6-33-20-15(22)7-14(8-17(20)30)19-16(23)11-26-21(29-19)28-18-4-3-13(9-25-18)10-27-34(24,31)32/h3-4,7-9,11-12,27H,5-6,10H2,1-2H3,(H2,24,31,32)(H,25,26,28,29). The number of anilines is 3. The van der Waals surface area contributed by atoms with Crippen molar-refractivity contribution in [1.82, 2.24) is 19.7 Å². The molecule has 4 N–H and O–H groups in total. The molecule has 34 heavy (non-hydrogen) atoms. The summed E-state index contributed by atoms with van der Waals surface area (Å²) in [5.41, 5.74) is 1.27. The maximum absolute atomic E-state index is 14.8. The van der Waals surface area contributed by atoms with Gasteiger partial charge in [0.2, 0.25) is 5.95 Å². The Labute approximate surface area is 195 Å². The van der Waals surface area contributed by atoms with Gasteiger partial charge in [-0.25, -0.2) is 28.9 Å². The van der Waals surface area contributed by atoms with Crippen LogP contribution in [0.3, 0.4) is 0 Å². The first-order valence-electron chi connectivity index (χ1n) is 10.4. The van der Waals surface area contributed by atoms with Gasteiger partial charge in [-0.05, 0) is 37.6 Å². The van der Waals surface area contributed by atoms with E-state index in [4.69, 9.17) is 9.88 Å². The number of nitrogens with two attached hydrogens (primary N) is 1. The predicted molar refractivity (Wildman–Crippen MR) is 123 cm³/mol. The van der Waals surface area contributed by atoms with Crippen molar-refractivity contribution in [2.45, 2.75) is 26.4 Å². The van der Waals surface area contributed by atoms with Crippen molar-refractivity contribution >= 4 is 27.7 Å². The Morgan fingerprint density at radius 3 is 2.65 bits per heavy atom. The molecule has 13 heteroatoms. The maximum Gasteiger partial charge on any atom is 0.274 e. The highest BCUT2D eigenvalue weighted by Crippen LogP contribution is 2.39. The van der Waals surface area contributed by atoms with Crippen LogP contribution in [0.15, 0.2) is 36.7 Å². The van der Waals surface area contributed by atoms with Crippen LogP contribution in [0, 0.1) is 11.6 Å². The summed E-state index contributed by atoms with van der Waals surface area (Å²) in [6.07, 6.45) is 2.42. The van der Waals surface area contributed by atoms with Gasteiger partial charge in [0.1, 0.15) is 18.1 Å². The lowest BCUT2D eigenvalue weighted by Crippen LogP contribution is -2.38. The zero-order chi connectivity index (χ0) is 24.5. The van der Waals surface area contributed by atoms with E-state index in [1.165, 1.54) is 12.3 Å². The molecule has 2 aromatic heterocycles. The van der Waals surface area contributed by atoms with Gasteiger partial charge in [0.05, 0.1) is 18.4 Å². The Kier molecular flexibility index (Phi) is 6.59. The first-order valence-corrected chi connectivity index (χ1v) is 11.9. The van der Waals surface area contributed by atoms with Crippen LogP contribution in [0.5, 0.6) is 5.75 Å². The lowest BCUT2D eigenvalue weighted by atomic mass is 10.1. The molecule has 0 spiro atoms. The van der Waals surface area contributed by atoms with E-state index in [0.717, 1.165) is 6.20 Å². The van der Waals surface area contributed by atoms with Gasteiger partial charge in [-0.1, -0.05) is 6.07 Å². The number of hydrogen-bond donors (Lipinski definition) is 3. The minimum atomic E-state index is -3.82. The van der Waals surface area contributed by atoms with Crippen molar-refractivity contribution in [3.63, 3.8) is 0 Å². The number of rotatable bonds is 7. The molecule has 10 nitrogen and oxygen atoms in total. The summed E-state index contributed by atoms with van der Waals surface area (Å²) in [5.74, 6) is -0.786. The molecule has 0 fully saturated rings. The topological polar surface area (TPSA) is 135 Å². The lowest BCUT2D eigenvalue weighted by molar-refractivity contribution is 0.287. The van der Waals surface area contributed by atoms with E-state index in [-0.39, 0.29) is 35.5 Å². The zero-order valence-corrected chi connectivity index (χ0v) is 19.2. The number of halogens is 2. The van der Waals surface area contributed by atoms with Crippen LogP contribution in [0.2, 0.25) is 0 Å². The van der Waals surface area contributed by atoms with Gasteiger partial charge in [0.15, 0.2) is 17.4 Å². The number of fused-ring (bicyclic) bond motifs is 1. The van der Waals surface area contributed by atoms with Gasteiger partial charge in [-0.3, -0.25) is 0 Å².